The van der Waals surface area contributed by atoms with E-state index in [1.807, 2.05) is 31.2 Å². The van der Waals surface area contributed by atoms with Crippen molar-refractivity contribution in [2.45, 2.75) is 63.8 Å². The highest BCUT2D eigenvalue weighted by molar-refractivity contribution is 5.90. The van der Waals surface area contributed by atoms with Crippen molar-refractivity contribution in [3.8, 4) is 11.1 Å². The molecule has 0 aromatic heterocycles. The summed E-state index contributed by atoms with van der Waals surface area (Å²) < 4.78 is 5.63. The van der Waals surface area contributed by atoms with Crippen molar-refractivity contribution in [3.05, 3.63) is 59.7 Å². The summed E-state index contributed by atoms with van der Waals surface area (Å²) in [5.41, 5.74) is 2.44. The van der Waals surface area contributed by atoms with Gasteiger partial charge < -0.3 is 20.5 Å². The molecule has 7 heteroatoms. The van der Waals surface area contributed by atoms with Crippen LogP contribution in [0, 0.1) is 5.41 Å². The summed E-state index contributed by atoms with van der Waals surface area (Å²) in [6.45, 7) is 3.75. The summed E-state index contributed by atoms with van der Waals surface area (Å²) in [4.78, 5) is 37.7. The van der Waals surface area contributed by atoms with E-state index in [0.717, 1.165) is 35.1 Å². The summed E-state index contributed by atoms with van der Waals surface area (Å²) in [6, 6.07) is 16.3. The standard InChI is InChI=1S/C28H34N2O5/c1-3-14-27(2,25(32)33)30-24(31)28(15-8-9-16-28)18-29-26(34)35-17-23-21-12-6-4-10-19(21)20-11-5-7-13-22(20)23/h4-7,10-13,23H,3,8-9,14-18H2,1-2H3,(H,29,34)(H,30,31)(H,32,33). The number of amides is 2. The maximum atomic E-state index is 13.2. The number of rotatable bonds is 9. The van der Waals surface area contributed by atoms with E-state index in [4.69, 9.17) is 4.74 Å². The first-order valence-corrected chi connectivity index (χ1v) is 12.4. The first kappa shape index (κ1) is 24.8. The molecule has 0 aliphatic heterocycles. The number of carboxylic acids is 1. The van der Waals surface area contributed by atoms with Gasteiger partial charge in [0.15, 0.2) is 0 Å². The van der Waals surface area contributed by atoms with Gasteiger partial charge in [-0.1, -0.05) is 74.7 Å². The van der Waals surface area contributed by atoms with E-state index in [0.29, 0.717) is 25.7 Å². The van der Waals surface area contributed by atoms with E-state index in [2.05, 4.69) is 34.9 Å². The molecular formula is C28H34N2O5. The molecule has 2 aliphatic rings. The Bertz CT molecular complexity index is 1060. The van der Waals surface area contributed by atoms with Gasteiger partial charge in [-0.3, -0.25) is 4.79 Å². The number of carbonyl (C=O) groups excluding carboxylic acids is 2. The summed E-state index contributed by atoms with van der Waals surface area (Å²) >= 11 is 0. The third-order valence-electron chi connectivity index (χ3n) is 7.57. The number of hydrogen-bond acceptors (Lipinski definition) is 4. The molecule has 2 aromatic rings. The molecular weight excluding hydrogens is 444 g/mol. The van der Waals surface area contributed by atoms with Crippen LogP contribution in [-0.2, 0) is 14.3 Å². The van der Waals surface area contributed by atoms with Crippen molar-refractivity contribution in [2.24, 2.45) is 5.41 Å². The van der Waals surface area contributed by atoms with E-state index in [1.54, 1.807) is 6.92 Å². The average molecular weight is 479 g/mol. The number of hydrogen-bond donors (Lipinski definition) is 3. The van der Waals surface area contributed by atoms with Gasteiger partial charge in [0.25, 0.3) is 0 Å². The maximum absolute atomic E-state index is 13.2. The Hall–Kier alpha value is -3.35. The number of carbonyl (C=O) groups is 3. The van der Waals surface area contributed by atoms with Crippen molar-refractivity contribution < 1.29 is 24.2 Å². The van der Waals surface area contributed by atoms with E-state index in [9.17, 15) is 19.5 Å². The number of benzene rings is 2. The largest absolute Gasteiger partial charge is 0.480 e. The molecule has 1 unspecified atom stereocenters. The molecule has 186 valence electrons. The van der Waals surface area contributed by atoms with Gasteiger partial charge in [-0.25, -0.2) is 9.59 Å². The second-order valence-electron chi connectivity index (χ2n) is 10.0. The number of alkyl carbamates (subject to hydrolysis) is 1. The highest BCUT2D eigenvalue weighted by Gasteiger charge is 2.45. The number of carboxylic acid groups (broad SMARTS) is 1. The zero-order valence-electron chi connectivity index (χ0n) is 20.4. The van der Waals surface area contributed by atoms with Gasteiger partial charge in [0, 0.05) is 12.5 Å². The van der Waals surface area contributed by atoms with Crippen LogP contribution in [0.4, 0.5) is 4.79 Å². The lowest BCUT2D eigenvalue weighted by Crippen LogP contribution is -2.58. The fourth-order valence-corrected chi connectivity index (χ4v) is 5.53. The molecule has 1 saturated carbocycles. The summed E-state index contributed by atoms with van der Waals surface area (Å²) in [5, 5.41) is 15.2. The van der Waals surface area contributed by atoms with Gasteiger partial charge in [0.1, 0.15) is 12.1 Å². The first-order chi connectivity index (χ1) is 16.8. The Morgan fingerprint density at radius 3 is 2.14 bits per heavy atom. The van der Waals surface area contributed by atoms with Crippen molar-refractivity contribution in [3.63, 3.8) is 0 Å². The van der Waals surface area contributed by atoms with Crippen LogP contribution in [0.15, 0.2) is 48.5 Å². The van der Waals surface area contributed by atoms with Crippen LogP contribution in [-0.4, -0.2) is 41.8 Å². The summed E-state index contributed by atoms with van der Waals surface area (Å²) in [7, 11) is 0. The predicted octanol–water partition coefficient (Wildman–Crippen LogP) is 4.85. The molecule has 0 saturated heterocycles. The Morgan fingerprint density at radius 1 is 1.03 bits per heavy atom. The van der Waals surface area contributed by atoms with Gasteiger partial charge in [0.05, 0.1) is 5.41 Å². The summed E-state index contributed by atoms with van der Waals surface area (Å²) in [5.74, 6) is -1.40. The predicted molar refractivity (Wildman–Crippen MR) is 133 cm³/mol. The molecule has 4 rings (SSSR count). The highest BCUT2D eigenvalue weighted by atomic mass is 16.5. The van der Waals surface area contributed by atoms with Gasteiger partial charge in [0.2, 0.25) is 5.91 Å². The van der Waals surface area contributed by atoms with Crippen LogP contribution in [0.25, 0.3) is 11.1 Å². The van der Waals surface area contributed by atoms with E-state index < -0.39 is 23.0 Å². The minimum absolute atomic E-state index is 0.0396. The van der Waals surface area contributed by atoms with Gasteiger partial charge >= 0.3 is 12.1 Å². The molecule has 1 atom stereocenters. The minimum atomic E-state index is -1.33. The second kappa shape index (κ2) is 10.1. The molecule has 0 spiro atoms. The lowest BCUT2D eigenvalue weighted by Gasteiger charge is -2.33. The zero-order chi connectivity index (χ0) is 25.1. The van der Waals surface area contributed by atoms with E-state index in [-0.39, 0.29) is 25.0 Å². The Morgan fingerprint density at radius 2 is 1.60 bits per heavy atom. The Balaban J connectivity index is 1.39. The van der Waals surface area contributed by atoms with Crippen molar-refractivity contribution >= 4 is 18.0 Å². The molecule has 2 aliphatic carbocycles. The quantitative estimate of drug-likeness (QED) is 0.478. The third-order valence-corrected chi connectivity index (χ3v) is 7.57. The number of aliphatic carboxylic acids is 1. The third kappa shape index (κ3) is 4.90. The molecule has 0 radical (unpaired) electrons. The van der Waals surface area contributed by atoms with E-state index in [1.165, 1.54) is 0 Å². The van der Waals surface area contributed by atoms with Gasteiger partial charge in [-0.05, 0) is 48.4 Å². The minimum Gasteiger partial charge on any atom is -0.480 e. The fraction of sp³-hybridized carbons (Fsp3) is 0.464. The van der Waals surface area contributed by atoms with Gasteiger partial charge in [-0.2, -0.15) is 0 Å². The number of fused-ring (bicyclic) bond motifs is 3. The Kier molecular flexibility index (Phi) is 7.15. The number of ether oxygens (including phenoxy) is 1. The van der Waals surface area contributed by atoms with Crippen molar-refractivity contribution in [1.29, 1.82) is 0 Å². The van der Waals surface area contributed by atoms with Crippen LogP contribution in [0.5, 0.6) is 0 Å². The molecule has 1 fully saturated rings. The molecule has 7 nitrogen and oxygen atoms in total. The van der Waals surface area contributed by atoms with Crippen LogP contribution in [0.1, 0.15) is 69.4 Å². The zero-order valence-corrected chi connectivity index (χ0v) is 20.4. The lowest BCUT2D eigenvalue weighted by molar-refractivity contribution is -0.149. The smallest absolute Gasteiger partial charge is 0.407 e. The average Bonchev–Trinajstić information content (AvgIpc) is 3.45. The SMILES string of the molecule is CCCC(C)(NC(=O)C1(CNC(=O)OCC2c3ccccc3-c3ccccc32)CCCC1)C(=O)O. The second-order valence-corrected chi connectivity index (χ2v) is 10.0. The number of nitrogens with one attached hydrogen (secondary N) is 2. The fourth-order valence-electron chi connectivity index (χ4n) is 5.53. The van der Waals surface area contributed by atoms with Crippen LogP contribution in [0.2, 0.25) is 0 Å². The monoisotopic (exact) mass is 478 g/mol. The molecule has 2 aromatic carbocycles. The first-order valence-electron chi connectivity index (χ1n) is 12.4. The van der Waals surface area contributed by atoms with Crippen molar-refractivity contribution in [1.82, 2.24) is 10.6 Å². The van der Waals surface area contributed by atoms with Crippen molar-refractivity contribution in [2.75, 3.05) is 13.2 Å². The highest BCUT2D eigenvalue weighted by Crippen LogP contribution is 2.44. The van der Waals surface area contributed by atoms with Gasteiger partial charge in [-0.15, -0.1) is 0 Å². The Labute approximate surface area is 206 Å². The molecule has 3 N–H and O–H groups in total. The lowest BCUT2D eigenvalue weighted by atomic mass is 9.83. The summed E-state index contributed by atoms with van der Waals surface area (Å²) in [6.07, 6.45) is 3.32. The molecule has 2 amide bonds. The van der Waals surface area contributed by atoms with Crippen LogP contribution in [0.3, 0.4) is 0 Å². The molecule has 35 heavy (non-hydrogen) atoms. The topological polar surface area (TPSA) is 105 Å². The van der Waals surface area contributed by atoms with E-state index >= 15 is 0 Å². The molecule has 0 heterocycles. The van der Waals surface area contributed by atoms with Crippen LogP contribution < -0.4 is 10.6 Å². The van der Waals surface area contributed by atoms with Crippen LogP contribution >= 0.6 is 0 Å². The maximum Gasteiger partial charge on any atom is 0.407 e. The molecule has 0 bridgehead atoms. The normalized spacial score (nSPS) is 17.7.